The van der Waals surface area contributed by atoms with E-state index in [0.717, 1.165) is 11.0 Å². The van der Waals surface area contributed by atoms with Crippen molar-refractivity contribution in [3.63, 3.8) is 0 Å². The molecule has 2 saturated carbocycles. The van der Waals surface area contributed by atoms with Crippen molar-refractivity contribution in [3.8, 4) is 22.3 Å². The van der Waals surface area contributed by atoms with Gasteiger partial charge in [-0.2, -0.15) is 0 Å². The van der Waals surface area contributed by atoms with Crippen molar-refractivity contribution in [2.45, 2.75) is 76.0 Å². The molecule has 0 radical (unpaired) electrons. The van der Waals surface area contributed by atoms with Crippen LogP contribution in [0.2, 0.25) is 0 Å². The molecule has 2 heteroatoms. The van der Waals surface area contributed by atoms with Crippen LogP contribution in [0.4, 0.5) is 0 Å². The second-order valence-corrected chi connectivity index (χ2v) is 14.6. The molecule has 0 N–H and O–H groups in total. The van der Waals surface area contributed by atoms with Crippen LogP contribution in [0.3, 0.4) is 0 Å². The third-order valence-corrected chi connectivity index (χ3v) is 11.7. The number of pyridine rings is 2. The molecule has 6 aromatic carbocycles. The van der Waals surface area contributed by atoms with E-state index in [4.69, 9.17) is 9.97 Å². The highest BCUT2D eigenvalue weighted by Gasteiger charge is 2.22. The minimum atomic E-state index is 0.512. The third-order valence-electron chi connectivity index (χ3n) is 11.7. The fraction of sp³-hybridized carbons (Fsp3) is 0.261. The highest BCUT2D eigenvalue weighted by molar-refractivity contribution is 6.26. The van der Waals surface area contributed by atoms with Crippen molar-refractivity contribution in [2.24, 2.45) is 0 Å². The van der Waals surface area contributed by atoms with E-state index in [9.17, 15) is 0 Å². The first-order chi connectivity index (χ1) is 23.8. The molecule has 8 aromatic rings. The van der Waals surface area contributed by atoms with Crippen molar-refractivity contribution < 1.29 is 0 Å². The van der Waals surface area contributed by atoms with Crippen LogP contribution < -0.4 is 0 Å². The van der Waals surface area contributed by atoms with E-state index < -0.39 is 0 Å². The van der Waals surface area contributed by atoms with E-state index in [1.807, 2.05) is 0 Å². The van der Waals surface area contributed by atoms with Crippen molar-refractivity contribution in [3.05, 3.63) is 121 Å². The van der Waals surface area contributed by atoms with Gasteiger partial charge in [-0.3, -0.25) is 9.97 Å². The Labute approximate surface area is 282 Å². The molecule has 0 saturated heterocycles. The van der Waals surface area contributed by atoms with Gasteiger partial charge in [-0.05, 0) is 105 Å². The Bertz CT molecular complexity index is 2480. The Balaban J connectivity index is 1.19. The highest BCUT2D eigenvalue weighted by atomic mass is 14.8. The maximum absolute atomic E-state index is 5.51. The quantitative estimate of drug-likeness (QED) is 0.183. The zero-order valence-electron chi connectivity index (χ0n) is 27.5. The van der Waals surface area contributed by atoms with Crippen LogP contribution in [0.25, 0.3) is 76.4 Å². The lowest BCUT2D eigenvalue weighted by Crippen LogP contribution is -2.08. The lowest BCUT2D eigenvalue weighted by atomic mass is 9.84. The Morgan fingerprint density at radius 3 is 1.75 bits per heavy atom. The third kappa shape index (κ3) is 4.60. The summed E-state index contributed by atoms with van der Waals surface area (Å²) in [6.07, 6.45) is 12.9. The first kappa shape index (κ1) is 28.2. The van der Waals surface area contributed by atoms with Crippen LogP contribution in [0.15, 0.2) is 109 Å². The second kappa shape index (κ2) is 11.4. The van der Waals surface area contributed by atoms with Crippen LogP contribution in [0.1, 0.15) is 87.4 Å². The molecule has 0 aliphatic heterocycles. The summed E-state index contributed by atoms with van der Waals surface area (Å²) in [5.41, 5.74) is 9.76. The molecule has 48 heavy (non-hydrogen) atoms. The zero-order chi connectivity index (χ0) is 31.6. The number of benzene rings is 6. The average Bonchev–Trinajstić information content (AvgIpc) is 3.17. The summed E-state index contributed by atoms with van der Waals surface area (Å²) < 4.78 is 0. The maximum atomic E-state index is 5.51. The van der Waals surface area contributed by atoms with Crippen LogP contribution >= 0.6 is 0 Å². The molecule has 0 atom stereocenters. The number of hydrogen-bond donors (Lipinski definition) is 0. The van der Waals surface area contributed by atoms with Gasteiger partial charge in [-0.25, -0.2) is 0 Å². The second-order valence-electron chi connectivity index (χ2n) is 14.6. The predicted octanol–water partition coefficient (Wildman–Crippen LogP) is 13.1. The van der Waals surface area contributed by atoms with E-state index in [2.05, 4.69) is 109 Å². The van der Waals surface area contributed by atoms with E-state index in [0.29, 0.717) is 11.8 Å². The Kier molecular flexibility index (Phi) is 6.71. The van der Waals surface area contributed by atoms with Crippen LogP contribution in [-0.4, -0.2) is 9.97 Å². The van der Waals surface area contributed by atoms with Gasteiger partial charge in [0.2, 0.25) is 0 Å². The summed E-state index contributed by atoms with van der Waals surface area (Å²) in [5, 5.41) is 10.4. The van der Waals surface area contributed by atoms with Gasteiger partial charge in [0.15, 0.2) is 0 Å². The summed E-state index contributed by atoms with van der Waals surface area (Å²) in [7, 11) is 0. The number of rotatable bonds is 4. The molecule has 2 heterocycles. The summed E-state index contributed by atoms with van der Waals surface area (Å²) in [6.45, 7) is 0. The summed E-state index contributed by atoms with van der Waals surface area (Å²) in [6, 6.07) is 41.3. The summed E-state index contributed by atoms with van der Waals surface area (Å²) in [5.74, 6) is 1.08. The molecular formula is C46H40N2. The predicted molar refractivity (Wildman–Crippen MR) is 203 cm³/mol. The molecule has 2 nitrogen and oxygen atoms in total. The van der Waals surface area contributed by atoms with Gasteiger partial charge in [0.25, 0.3) is 0 Å². The standard InChI is InChI=1S/C46H40N2/c1-3-10-29(11-4-1)41-25-23-33-22-24-38-40(28-42(30-12-5-2-6-13-30)48-46(38)45(33)47-41)35-17-8-16-34(26-35)39-27-36-18-7-14-31-20-21-32-15-9-19-37(39)44(32)43(31)36/h7-9,14-30H,1-6,10-13H2. The monoisotopic (exact) mass is 620 g/mol. The number of hydrogen-bond acceptors (Lipinski definition) is 2. The van der Waals surface area contributed by atoms with Gasteiger partial charge < -0.3 is 0 Å². The molecule has 2 aliphatic carbocycles. The lowest BCUT2D eigenvalue weighted by molar-refractivity contribution is 0.437. The lowest BCUT2D eigenvalue weighted by Gasteiger charge is -2.23. The SMILES string of the molecule is c1cc(-c2cc(C3CCCCC3)nc3c2ccc2ccc(C4CCCCC4)nc23)cc(-c2cc3cccc4ccc5cccc2c5c43)c1. The zero-order valence-corrected chi connectivity index (χ0v) is 27.5. The average molecular weight is 621 g/mol. The van der Waals surface area contributed by atoms with Crippen LogP contribution in [-0.2, 0) is 0 Å². The van der Waals surface area contributed by atoms with Gasteiger partial charge >= 0.3 is 0 Å². The molecule has 2 aromatic heterocycles. The minimum absolute atomic E-state index is 0.512. The normalized spacial score (nSPS) is 16.6. The summed E-state index contributed by atoms with van der Waals surface area (Å²) in [4.78, 5) is 10.9. The van der Waals surface area contributed by atoms with Gasteiger partial charge in [-0.1, -0.05) is 123 Å². The van der Waals surface area contributed by atoms with Crippen molar-refractivity contribution in [1.82, 2.24) is 9.97 Å². The molecule has 0 unspecified atom stereocenters. The van der Waals surface area contributed by atoms with Crippen molar-refractivity contribution >= 4 is 54.1 Å². The number of nitrogens with zero attached hydrogens (tertiary/aromatic N) is 2. The molecule has 10 rings (SSSR count). The fourth-order valence-electron chi connectivity index (χ4n) is 9.23. The van der Waals surface area contributed by atoms with E-state index in [1.165, 1.54) is 141 Å². The molecule has 2 fully saturated rings. The smallest absolute Gasteiger partial charge is 0.0974 e. The molecular weight excluding hydrogens is 581 g/mol. The van der Waals surface area contributed by atoms with Gasteiger partial charge in [0.1, 0.15) is 0 Å². The largest absolute Gasteiger partial charge is 0.250 e. The van der Waals surface area contributed by atoms with Gasteiger partial charge in [0.05, 0.1) is 11.0 Å². The maximum Gasteiger partial charge on any atom is 0.0974 e. The first-order valence-electron chi connectivity index (χ1n) is 18.3. The van der Waals surface area contributed by atoms with Crippen molar-refractivity contribution in [2.75, 3.05) is 0 Å². The topological polar surface area (TPSA) is 25.8 Å². The van der Waals surface area contributed by atoms with Gasteiger partial charge in [0, 0.05) is 34.0 Å². The Morgan fingerprint density at radius 2 is 0.979 bits per heavy atom. The highest BCUT2D eigenvalue weighted by Crippen LogP contribution is 2.43. The van der Waals surface area contributed by atoms with Crippen LogP contribution in [0, 0.1) is 0 Å². The molecule has 0 spiro atoms. The number of fused-ring (bicyclic) bond motifs is 3. The van der Waals surface area contributed by atoms with Crippen molar-refractivity contribution in [1.29, 1.82) is 0 Å². The molecule has 0 bridgehead atoms. The van der Waals surface area contributed by atoms with E-state index >= 15 is 0 Å². The van der Waals surface area contributed by atoms with E-state index in [-0.39, 0.29) is 0 Å². The minimum Gasteiger partial charge on any atom is -0.250 e. The Morgan fingerprint density at radius 1 is 0.396 bits per heavy atom. The molecule has 2 aliphatic rings. The van der Waals surface area contributed by atoms with Gasteiger partial charge in [-0.15, -0.1) is 0 Å². The first-order valence-corrected chi connectivity index (χ1v) is 18.3. The Hall–Kier alpha value is -4.82. The summed E-state index contributed by atoms with van der Waals surface area (Å²) >= 11 is 0. The molecule has 0 amide bonds. The van der Waals surface area contributed by atoms with E-state index in [1.54, 1.807) is 0 Å². The number of aromatic nitrogens is 2. The molecule has 234 valence electrons. The fourth-order valence-corrected chi connectivity index (χ4v) is 9.23. The van der Waals surface area contributed by atoms with Crippen LogP contribution in [0.5, 0.6) is 0 Å².